The Morgan fingerprint density at radius 3 is 2.59 bits per heavy atom. The number of halogens is 2. The number of hydrogen-bond donors (Lipinski definition) is 2. The lowest BCUT2D eigenvalue weighted by molar-refractivity contribution is -0.115. The quantitative estimate of drug-likeness (QED) is 0.909. The molecule has 2 rings (SSSR count). The van der Waals surface area contributed by atoms with Crippen LogP contribution in [0.2, 0.25) is 5.02 Å². The van der Waals surface area contributed by atoms with Gasteiger partial charge in [-0.25, -0.2) is 4.39 Å². The fourth-order valence-electron chi connectivity index (χ4n) is 1.86. The molecule has 6 heteroatoms. The monoisotopic (exact) mass is 320 g/mol. The molecular formula is C16H14ClFN2O2. The zero-order valence-corrected chi connectivity index (χ0v) is 12.6. The van der Waals surface area contributed by atoms with Crippen LogP contribution in [0.3, 0.4) is 0 Å². The first-order valence-corrected chi connectivity index (χ1v) is 6.94. The minimum absolute atomic E-state index is 0.0817. The van der Waals surface area contributed by atoms with E-state index < -0.39 is 11.7 Å². The van der Waals surface area contributed by atoms with Gasteiger partial charge in [-0.05, 0) is 36.8 Å². The third-order valence-corrected chi connectivity index (χ3v) is 3.29. The summed E-state index contributed by atoms with van der Waals surface area (Å²) >= 11 is 5.63. The lowest BCUT2D eigenvalue weighted by Crippen LogP contribution is -2.33. The van der Waals surface area contributed by atoms with Gasteiger partial charge in [0, 0.05) is 11.3 Å². The molecule has 0 heterocycles. The Labute approximate surface area is 132 Å². The standard InChI is InChI=1S/C16H14ClFN2O2/c1-10-4-2-3-5-12(10)16(22)19-9-15(21)20-11-6-7-14(18)13(17)8-11/h2-8H,9H2,1H3,(H,19,22)(H,20,21). The highest BCUT2D eigenvalue weighted by Crippen LogP contribution is 2.19. The summed E-state index contributed by atoms with van der Waals surface area (Å²) in [7, 11) is 0. The Morgan fingerprint density at radius 1 is 1.18 bits per heavy atom. The second kappa shape index (κ2) is 7.04. The van der Waals surface area contributed by atoms with E-state index in [0.29, 0.717) is 11.3 Å². The van der Waals surface area contributed by atoms with Crippen LogP contribution >= 0.6 is 11.6 Å². The number of anilines is 1. The second-order valence-electron chi connectivity index (χ2n) is 4.67. The number of nitrogens with one attached hydrogen (secondary N) is 2. The van der Waals surface area contributed by atoms with Gasteiger partial charge >= 0.3 is 0 Å². The van der Waals surface area contributed by atoms with Crippen molar-refractivity contribution in [3.8, 4) is 0 Å². The summed E-state index contributed by atoms with van der Waals surface area (Å²) < 4.78 is 13.0. The van der Waals surface area contributed by atoms with Crippen molar-refractivity contribution in [1.29, 1.82) is 0 Å². The number of hydrogen-bond acceptors (Lipinski definition) is 2. The average Bonchev–Trinajstić information content (AvgIpc) is 2.49. The number of aryl methyl sites for hydroxylation is 1. The van der Waals surface area contributed by atoms with E-state index in [1.165, 1.54) is 12.1 Å². The summed E-state index contributed by atoms with van der Waals surface area (Å²) in [5.74, 6) is -1.32. The van der Waals surface area contributed by atoms with Crippen LogP contribution in [0, 0.1) is 12.7 Å². The predicted octanol–water partition coefficient (Wildman–Crippen LogP) is 3.16. The molecular weight excluding hydrogens is 307 g/mol. The topological polar surface area (TPSA) is 58.2 Å². The molecule has 2 amide bonds. The summed E-state index contributed by atoms with van der Waals surface area (Å²) in [5, 5.41) is 4.97. The van der Waals surface area contributed by atoms with Gasteiger partial charge in [-0.1, -0.05) is 29.8 Å². The van der Waals surface area contributed by atoms with Crippen LogP contribution in [0.1, 0.15) is 15.9 Å². The summed E-state index contributed by atoms with van der Waals surface area (Å²) in [6.45, 7) is 1.62. The van der Waals surface area contributed by atoms with Crippen molar-refractivity contribution in [2.45, 2.75) is 6.92 Å². The van der Waals surface area contributed by atoms with Gasteiger partial charge < -0.3 is 10.6 Å². The average molecular weight is 321 g/mol. The highest BCUT2D eigenvalue weighted by Gasteiger charge is 2.10. The first-order chi connectivity index (χ1) is 10.5. The van der Waals surface area contributed by atoms with E-state index >= 15 is 0 Å². The van der Waals surface area contributed by atoms with E-state index in [1.807, 2.05) is 19.1 Å². The third-order valence-electron chi connectivity index (χ3n) is 3.00. The fourth-order valence-corrected chi connectivity index (χ4v) is 2.04. The van der Waals surface area contributed by atoms with E-state index in [1.54, 1.807) is 12.1 Å². The molecule has 0 saturated carbocycles. The molecule has 0 unspecified atom stereocenters. The molecule has 0 atom stereocenters. The Hall–Kier alpha value is -2.40. The molecule has 4 nitrogen and oxygen atoms in total. The molecule has 0 fully saturated rings. The highest BCUT2D eigenvalue weighted by atomic mass is 35.5. The van der Waals surface area contributed by atoms with E-state index in [2.05, 4.69) is 10.6 Å². The zero-order valence-electron chi connectivity index (χ0n) is 11.8. The van der Waals surface area contributed by atoms with Crippen LogP contribution in [-0.2, 0) is 4.79 Å². The first kappa shape index (κ1) is 16.0. The van der Waals surface area contributed by atoms with E-state index in [-0.39, 0.29) is 17.5 Å². The van der Waals surface area contributed by atoms with Gasteiger partial charge in [-0.2, -0.15) is 0 Å². The second-order valence-corrected chi connectivity index (χ2v) is 5.08. The molecule has 22 heavy (non-hydrogen) atoms. The van der Waals surface area contributed by atoms with Crippen LogP contribution < -0.4 is 10.6 Å². The summed E-state index contributed by atoms with van der Waals surface area (Å²) in [4.78, 5) is 23.7. The maximum absolute atomic E-state index is 13.0. The number of carbonyl (C=O) groups excluding carboxylic acids is 2. The third kappa shape index (κ3) is 4.05. The zero-order chi connectivity index (χ0) is 16.1. The van der Waals surface area contributed by atoms with Gasteiger partial charge in [0.15, 0.2) is 0 Å². The minimum Gasteiger partial charge on any atom is -0.343 e. The van der Waals surface area contributed by atoms with Crippen LogP contribution in [-0.4, -0.2) is 18.4 Å². The van der Waals surface area contributed by atoms with Gasteiger partial charge in [0.05, 0.1) is 11.6 Å². The van der Waals surface area contributed by atoms with Gasteiger partial charge in [-0.3, -0.25) is 9.59 Å². The number of benzene rings is 2. The molecule has 0 bridgehead atoms. The Bertz CT molecular complexity index is 719. The number of carbonyl (C=O) groups is 2. The smallest absolute Gasteiger partial charge is 0.251 e. The molecule has 2 N–H and O–H groups in total. The molecule has 2 aromatic carbocycles. The molecule has 0 saturated heterocycles. The maximum atomic E-state index is 13.0. The van der Waals surface area contributed by atoms with Gasteiger partial charge in [-0.15, -0.1) is 0 Å². The number of rotatable bonds is 4. The van der Waals surface area contributed by atoms with E-state index in [9.17, 15) is 14.0 Å². The first-order valence-electron chi connectivity index (χ1n) is 6.56. The molecule has 0 radical (unpaired) electrons. The molecule has 0 aliphatic carbocycles. The summed E-state index contributed by atoms with van der Waals surface area (Å²) in [6, 6.07) is 10.9. The maximum Gasteiger partial charge on any atom is 0.251 e. The van der Waals surface area contributed by atoms with Crippen molar-refractivity contribution in [3.05, 3.63) is 64.4 Å². The summed E-state index contributed by atoms with van der Waals surface area (Å²) in [5.41, 5.74) is 1.70. The summed E-state index contributed by atoms with van der Waals surface area (Å²) in [6.07, 6.45) is 0. The van der Waals surface area contributed by atoms with E-state index in [0.717, 1.165) is 11.6 Å². The van der Waals surface area contributed by atoms with Crippen molar-refractivity contribution in [2.75, 3.05) is 11.9 Å². The largest absolute Gasteiger partial charge is 0.343 e. The Balaban J connectivity index is 1.91. The molecule has 0 aliphatic rings. The lowest BCUT2D eigenvalue weighted by Gasteiger charge is -2.09. The van der Waals surface area contributed by atoms with E-state index in [4.69, 9.17) is 11.6 Å². The van der Waals surface area contributed by atoms with Crippen molar-refractivity contribution >= 4 is 29.1 Å². The van der Waals surface area contributed by atoms with Crippen LogP contribution in [0.15, 0.2) is 42.5 Å². The predicted molar refractivity (Wildman–Crippen MR) is 83.6 cm³/mol. The van der Waals surface area contributed by atoms with Gasteiger partial charge in [0.25, 0.3) is 5.91 Å². The van der Waals surface area contributed by atoms with Gasteiger partial charge in [0.2, 0.25) is 5.91 Å². The van der Waals surface area contributed by atoms with Crippen LogP contribution in [0.5, 0.6) is 0 Å². The Morgan fingerprint density at radius 2 is 1.91 bits per heavy atom. The fraction of sp³-hybridized carbons (Fsp3) is 0.125. The van der Waals surface area contributed by atoms with Crippen molar-refractivity contribution < 1.29 is 14.0 Å². The molecule has 114 valence electrons. The molecule has 2 aromatic rings. The van der Waals surface area contributed by atoms with Crippen LogP contribution in [0.4, 0.5) is 10.1 Å². The van der Waals surface area contributed by atoms with Crippen molar-refractivity contribution in [2.24, 2.45) is 0 Å². The minimum atomic E-state index is -0.562. The normalized spacial score (nSPS) is 10.1. The van der Waals surface area contributed by atoms with Crippen molar-refractivity contribution in [1.82, 2.24) is 5.32 Å². The lowest BCUT2D eigenvalue weighted by atomic mass is 10.1. The molecule has 0 aromatic heterocycles. The highest BCUT2D eigenvalue weighted by molar-refractivity contribution is 6.31. The number of amides is 2. The Kier molecular flexibility index (Phi) is 5.12. The molecule has 0 aliphatic heterocycles. The van der Waals surface area contributed by atoms with Crippen LogP contribution in [0.25, 0.3) is 0 Å². The van der Waals surface area contributed by atoms with Gasteiger partial charge in [0.1, 0.15) is 5.82 Å². The van der Waals surface area contributed by atoms with Crippen molar-refractivity contribution in [3.63, 3.8) is 0 Å². The molecule has 0 spiro atoms. The SMILES string of the molecule is Cc1ccccc1C(=O)NCC(=O)Nc1ccc(F)c(Cl)c1.